The van der Waals surface area contributed by atoms with Gasteiger partial charge in [0.15, 0.2) is 0 Å². The molecule has 0 aliphatic carbocycles. The van der Waals surface area contributed by atoms with Gasteiger partial charge in [0.1, 0.15) is 10.8 Å². The zero-order chi connectivity index (χ0) is 15.5. The highest BCUT2D eigenvalue weighted by atomic mass is 32.2. The van der Waals surface area contributed by atoms with Crippen molar-refractivity contribution in [3.05, 3.63) is 42.1 Å². The van der Waals surface area contributed by atoms with Crippen molar-refractivity contribution in [2.24, 2.45) is 0 Å². The third-order valence-corrected chi connectivity index (χ3v) is 4.41. The van der Waals surface area contributed by atoms with Gasteiger partial charge in [-0.25, -0.2) is 9.78 Å². The molecule has 1 aliphatic rings. The summed E-state index contributed by atoms with van der Waals surface area (Å²) in [5, 5.41) is 3.83. The van der Waals surface area contributed by atoms with Crippen LogP contribution in [0.2, 0.25) is 0 Å². The van der Waals surface area contributed by atoms with Crippen LogP contribution in [0.25, 0.3) is 0 Å². The van der Waals surface area contributed by atoms with E-state index in [0.29, 0.717) is 18.0 Å². The molecule has 0 saturated heterocycles. The first kappa shape index (κ1) is 14.7. The van der Waals surface area contributed by atoms with Gasteiger partial charge >= 0.3 is 6.03 Å². The molecule has 1 N–H and O–H groups in total. The van der Waals surface area contributed by atoms with Gasteiger partial charge in [-0.2, -0.15) is 0 Å². The maximum atomic E-state index is 12.6. The number of methoxy groups -OCH3 is 1. The molecule has 114 valence electrons. The van der Waals surface area contributed by atoms with Crippen molar-refractivity contribution < 1.29 is 9.53 Å². The van der Waals surface area contributed by atoms with Crippen LogP contribution in [0.4, 0.5) is 16.2 Å². The van der Waals surface area contributed by atoms with Gasteiger partial charge in [0, 0.05) is 18.5 Å². The summed E-state index contributed by atoms with van der Waals surface area (Å²) >= 11 is 1.67. The average molecular weight is 315 g/mol. The molecule has 2 aromatic rings. The Bertz CT molecular complexity index is 706. The Morgan fingerprint density at radius 2 is 2.27 bits per heavy atom. The van der Waals surface area contributed by atoms with Gasteiger partial charge in [0.25, 0.3) is 0 Å². The summed E-state index contributed by atoms with van der Waals surface area (Å²) < 4.78 is 5.31. The molecule has 0 fully saturated rings. The van der Waals surface area contributed by atoms with E-state index in [0.717, 1.165) is 22.0 Å². The lowest BCUT2D eigenvalue weighted by Gasteiger charge is -2.28. The van der Waals surface area contributed by atoms with Crippen LogP contribution in [0.1, 0.15) is 5.56 Å². The van der Waals surface area contributed by atoms with E-state index in [-0.39, 0.29) is 6.03 Å². The number of benzene rings is 1. The topological polar surface area (TPSA) is 54.5 Å². The molecule has 5 nitrogen and oxygen atoms in total. The molecular formula is C16H17N3O2S. The van der Waals surface area contributed by atoms with Crippen molar-refractivity contribution in [1.82, 2.24) is 4.98 Å². The van der Waals surface area contributed by atoms with Crippen LogP contribution in [0.5, 0.6) is 5.75 Å². The Hall–Kier alpha value is -2.21. The lowest BCUT2D eigenvalue weighted by Crippen LogP contribution is -2.39. The Morgan fingerprint density at radius 3 is 3.09 bits per heavy atom. The number of carbonyl (C=O) groups is 1. The molecule has 6 heteroatoms. The first-order valence-electron chi connectivity index (χ1n) is 7.00. The number of ether oxygens (including phenoxy) is 1. The number of hydrogen-bond donors (Lipinski definition) is 1. The van der Waals surface area contributed by atoms with Gasteiger partial charge in [-0.15, -0.1) is 11.8 Å². The monoisotopic (exact) mass is 315 g/mol. The van der Waals surface area contributed by atoms with Crippen LogP contribution in [0.3, 0.4) is 0 Å². The maximum absolute atomic E-state index is 12.6. The predicted octanol–water partition coefficient (Wildman–Crippen LogP) is 3.54. The number of anilines is 2. The number of fused-ring (bicyclic) bond motifs is 1. The molecule has 0 spiro atoms. The van der Waals surface area contributed by atoms with Gasteiger partial charge in [0.05, 0.1) is 18.5 Å². The molecule has 22 heavy (non-hydrogen) atoms. The van der Waals surface area contributed by atoms with Crippen molar-refractivity contribution in [1.29, 1.82) is 0 Å². The molecule has 0 atom stereocenters. The van der Waals surface area contributed by atoms with E-state index in [1.54, 1.807) is 30.0 Å². The first-order valence-corrected chi connectivity index (χ1v) is 7.98. The summed E-state index contributed by atoms with van der Waals surface area (Å²) in [4.78, 5) is 18.7. The summed E-state index contributed by atoms with van der Waals surface area (Å²) in [6.45, 7) is 2.63. The number of nitrogens with one attached hydrogen (secondary N) is 1. The first-order chi connectivity index (χ1) is 10.7. The number of aryl methyl sites for hydroxylation is 1. The molecule has 2 heterocycles. The second kappa shape index (κ2) is 6.27. The molecule has 0 unspecified atom stereocenters. The van der Waals surface area contributed by atoms with Crippen LogP contribution in [-0.2, 0) is 0 Å². The molecule has 1 aliphatic heterocycles. The van der Waals surface area contributed by atoms with E-state index in [1.165, 1.54) is 0 Å². The standard InChI is InChI=1S/C16H17N3O2S/c1-11-5-6-14(21-2)12(10-11)18-16(20)19-8-9-22-15-13(19)4-3-7-17-15/h3-7,10H,8-9H2,1-2H3,(H,18,20). The van der Waals surface area contributed by atoms with Crippen molar-refractivity contribution >= 4 is 29.2 Å². The smallest absolute Gasteiger partial charge is 0.326 e. The zero-order valence-corrected chi connectivity index (χ0v) is 13.3. The molecule has 0 radical (unpaired) electrons. The minimum absolute atomic E-state index is 0.168. The number of aromatic nitrogens is 1. The van der Waals surface area contributed by atoms with E-state index in [1.807, 2.05) is 37.3 Å². The number of pyridine rings is 1. The van der Waals surface area contributed by atoms with Crippen LogP contribution in [0.15, 0.2) is 41.6 Å². The normalized spacial score (nSPS) is 13.5. The molecule has 0 bridgehead atoms. The van der Waals surface area contributed by atoms with Crippen LogP contribution in [-0.4, -0.2) is 30.4 Å². The quantitative estimate of drug-likeness (QED) is 0.921. The zero-order valence-electron chi connectivity index (χ0n) is 12.5. The second-order valence-electron chi connectivity index (χ2n) is 4.96. The maximum Gasteiger partial charge on any atom is 0.326 e. The molecule has 2 amide bonds. The Balaban J connectivity index is 1.86. The van der Waals surface area contributed by atoms with E-state index in [4.69, 9.17) is 4.74 Å². The fourth-order valence-electron chi connectivity index (χ4n) is 2.37. The van der Waals surface area contributed by atoms with Crippen molar-refractivity contribution in [3.63, 3.8) is 0 Å². The minimum Gasteiger partial charge on any atom is -0.495 e. The van der Waals surface area contributed by atoms with E-state index in [9.17, 15) is 4.79 Å². The number of rotatable bonds is 2. The van der Waals surface area contributed by atoms with Crippen molar-refractivity contribution in [2.75, 3.05) is 29.6 Å². The lowest BCUT2D eigenvalue weighted by molar-refractivity contribution is 0.257. The molecular weight excluding hydrogens is 298 g/mol. The number of amides is 2. The highest BCUT2D eigenvalue weighted by Crippen LogP contribution is 2.33. The van der Waals surface area contributed by atoms with Gasteiger partial charge in [-0.1, -0.05) is 6.07 Å². The van der Waals surface area contributed by atoms with Crippen LogP contribution < -0.4 is 15.0 Å². The summed E-state index contributed by atoms with van der Waals surface area (Å²) in [7, 11) is 1.59. The summed E-state index contributed by atoms with van der Waals surface area (Å²) in [6.07, 6.45) is 1.75. The summed E-state index contributed by atoms with van der Waals surface area (Å²) in [5.41, 5.74) is 2.59. The molecule has 1 aromatic heterocycles. The predicted molar refractivity (Wildman–Crippen MR) is 89.1 cm³/mol. The number of nitrogens with zero attached hydrogens (tertiary/aromatic N) is 2. The number of thioether (sulfide) groups is 1. The van der Waals surface area contributed by atoms with Crippen LogP contribution in [0, 0.1) is 6.92 Å². The Kier molecular flexibility index (Phi) is 4.20. The van der Waals surface area contributed by atoms with Gasteiger partial charge in [-0.05, 0) is 36.8 Å². The molecule has 1 aromatic carbocycles. The van der Waals surface area contributed by atoms with Gasteiger partial charge in [-0.3, -0.25) is 4.90 Å². The Morgan fingerprint density at radius 1 is 1.41 bits per heavy atom. The number of urea groups is 1. The summed E-state index contributed by atoms with van der Waals surface area (Å²) in [5.74, 6) is 1.49. The number of hydrogen-bond acceptors (Lipinski definition) is 4. The van der Waals surface area contributed by atoms with E-state index >= 15 is 0 Å². The van der Waals surface area contributed by atoms with Crippen molar-refractivity contribution in [2.45, 2.75) is 11.9 Å². The molecule has 3 rings (SSSR count). The fourth-order valence-corrected chi connectivity index (χ4v) is 3.29. The average Bonchev–Trinajstić information content (AvgIpc) is 2.54. The second-order valence-corrected chi connectivity index (χ2v) is 6.05. The highest BCUT2D eigenvalue weighted by molar-refractivity contribution is 7.99. The van der Waals surface area contributed by atoms with Gasteiger partial charge < -0.3 is 10.1 Å². The van der Waals surface area contributed by atoms with Gasteiger partial charge in [0.2, 0.25) is 0 Å². The number of carbonyl (C=O) groups excluding carboxylic acids is 1. The summed E-state index contributed by atoms with van der Waals surface area (Å²) in [6, 6.07) is 9.30. The lowest BCUT2D eigenvalue weighted by atomic mass is 10.2. The largest absolute Gasteiger partial charge is 0.495 e. The fraction of sp³-hybridized carbons (Fsp3) is 0.250. The van der Waals surface area contributed by atoms with E-state index < -0.39 is 0 Å². The highest BCUT2D eigenvalue weighted by Gasteiger charge is 2.24. The molecule has 0 saturated carbocycles. The van der Waals surface area contributed by atoms with Crippen molar-refractivity contribution in [3.8, 4) is 5.75 Å². The van der Waals surface area contributed by atoms with E-state index in [2.05, 4.69) is 10.3 Å². The third-order valence-electron chi connectivity index (χ3n) is 3.44. The third kappa shape index (κ3) is 2.87. The van der Waals surface area contributed by atoms with Crippen LogP contribution >= 0.6 is 11.8 Å². The SMILES string of the molecule is COc1ccc(C)cc1NC(=O)N1CCSc2ncccc21. The minimum atomic E-state index is -0.168. The Labute approximate surface area is 133 Å².